The quantitative estimate of drug-likeness (QED) is 0.797. The molecule has 0 saturated carbocycles. The molecule has 0 unspecified atom stereocenters. The van der Waals surface area contributed by atoms with Crippen LogP contribution in [0.2, 0.25) is 0 Å². The summed E-state index contributed by atoms with van der Waals surface area (Å²) in [5.41, 5.74) is 2.15. The minimum atomic E-state index is -0.355. The molecule has 0 aliphatic rings. The number of rotatable bonds is 3. The zero-order valence-corrected chi connectivity index (χ0v) is 9.36. The number of anilines is 1. The van der Waals surface area contributed by atoms with Crippen LogP contribution in [0.15, 0.2) is 24.3 Å². The highest BCUT2D eigenvalue weighted by Crippen LogP contribution is 2.23. The largest absolute Gasteiger partial charge is 0.388 e. The van der Waals surface area contributed by atoms with E-state index in [-0.39, 0.29) is 12.0 Å². The molecular formula is C12H19NO. The highest BCUT2D eigenvalue weighted by molar-refractivity contribution is 5.46. The molecule has 78 valence electrons. The summed E-state index contributed by atoms with van der Waals surface area (Å²) in [6, 6.07) is 8.03. The Bertz CT molecular complexity index is 277. The van der Waals surface area contributed by atoms with Gasteiger partial charge in [-0.15, -0.1) is 0 Å². The third-order valence-corrected chi connectivity index (χ3v) is 2.38. The van der Waals surface area contributed by atoms with E-state index < -0.39 is 0 Å². The molecule has 2 heteroatoms. The zero-order valence-electron chi connectivity index (χ0n) is 9.36. The standard InChI is InChI=1S/C12H19NO/c1-9(2)12(14)10-5-7-11(8-6-10)13(3)4/h5-9,12,14H,1-4H3/t12-/m1/s1. The molecule has 0 radical (unpaired) electrons. The topological polar surface area (TPSA) is 23.5 Å². The Kier molecular flexibility index (Phi) is 3.53. The Morgan fingerprint density at radius 1 is 1.07 bits per heavy atom. The summed E-state index contributed by atoms with van der Waals surface area (Å²) in [5.74, 6) is 0.264. The van der Waals surface area contributed by atoms with Crippen LogP contribution < -0.4 is 4.90 Å². The van der Waals surface area contributed by atoms with Crippen molar-refractivity contribution < 1.29 is 5.11 Å². The summed E-state index contributed by atoms with van der Waals surface area (Å²) in [7, 11) is 4.02. The maximum Gasteiger partial charge on any atom is 0.0812 e. The lowest BCUT2D eigenvalue weighted by Gasteiger charge is -2.17. The van der Waals surface area contributed by atoms with Gasteiger partial charge >= 0.3 is 0 Å². The van der Waals surface area contributed by atoms with Gasteiger partial charge in [0.1, 0.15) is 0 Å². The first-order valence-corrected chi connectivity index (χ1v) is 4.97. The lowest BCUT2D eigenvalue weighted by Crippen LogP contribution is -2.09. The van der Waals surface area contributed by atoms with Crippen molar-refractivity contribution in [3.63, 3.8) is 0 Å². The van der Waals surface area contributed by atoms with Crippen LogP contribution in [0.25, 0.3) is 0 Å². The van der Waals surface area contributed by atoms with Crippen LogP contribution in [-0.2, 0) is 0 Å². The lowest BCUT2D eigenvalue weighted by molar-refractivity contribution is 0.127. The van der Waals surface area contributed by atoms with Gasteiger partial charge < -0.3 is 10.0 Å². The molecule has 1 atom stereocenters. The molecule has 1 N–H and O–H groups in total. The Balaban J connectivity index is 2.83. The van der Waals surface area contributed by atoms with E-state index in [0.29, 0.717) is 0 Å². The molecule has 0 aliphatic heterocycles. The summed E-state index contributed by atoms with van der Waals surface area (Å²) >= 11 is 0. The minimum absolute atomic E-state index is 0.264. The third-order valence-electron chi connectivity index (χ3n) is 2.38. The van der Waals surface area contributed by atoms with Crippen molar-refractivity contribution in [2.24, 2.45) is 5.92 Å². The van der Waals surface area contributed by atoms with Crippen LogP contribution in [0.4, 0.5) is 5.69 Å². The first-order chi connectivity index (χ1) is 6.52. The molecule has 0 bridgehead atoms. The van der Waals surface area contributed by atoms with E-state index in [1.165, 1.54) is 0 Å². The summed E-state index contributed by atoms with van der Waals surface area (Å²) in [4.78, 5) is 2.05. The van der Waals surface area contributed by atoms with E-state index in [2.05, 4.69) is 0 Å². The fourth-order valence-electron chi connectivity index (χ4n) is 1.35. The molecule has 0 spiro atoms. The van der Waals surface area contributed by atoms with E-state index in [0.717, 1.165) is 11.3 Å². The van der Waals surface area contributed by atoms with E-state index in [1.54, 1.807) is 0 Å². The Morgan fingerprint density at radius 2 is 1.57 bits per heavy atom. The van der Waals surface area contributed by atoms with E-state index in [9.17, 15) is 5.11 Å². The van der Waals surface area contributed by atoms with E-state index in [4.69, 9.17) is 0 Å². The zero-order chi connectivity index (χ0) is 10.7. The fourth-order valence-corrected chi connectivity index (χ4v) is 1.35. The number of aliphatic hydroxyl groups excluding tert-OH is 1. The van der Waals surface area contributed by atoms with Gasteiger partial charge in [0, 0.05) is 19.8 Å². The molecule has 2 nitrogen and oxygen atoms in total. The molecule has 0 aliphatic carbocycles. The highest BCUT2D eigenvalue weighted by atomic mass is 16.3. The predicted molar refractivity (Wildman–Crippen MR) is 60.6 cm³/mol. The Hall–Kier alpha value is -1.02. The lowest BCUT2D eigenvalue weighted by atomic mass is 9.99. The second kappa shape index (κ2) is 4.47. The van der Waals surface area contributed by atoms with Gasteiger partial charge in [0.05, 0.1) is 6.10 Å². The van der Waals surface area contributed by atoms with Gasteiger partial charge in [0.15, 0.2) is 0 Å². The van der Waals surface area contributed by atoms with Crippen molar-refractivity contribution in [1.29, 1.82) is 0 Å². The molecule has 0 heterocycles. The van der Waals surface area contributed by atoms with E-state index >= 15 is 0 Å². The first kappa shape index (κ1) is 11.1. The number of benzene rings is 1. The Morgan fingerprint density at radius 3 is 1.93 bits per heavy atom. The normalized spacial score (nSPS) is 13.0. The van der Waals surface area contributed by atoms with Crippen molar-refractivity contribution in [2.45, 2.75) is 20.0 Å². The Labute approximate surface area is 86.2 Å². The van der Waals surface area contributed by atoms with Gasteiger partial charge in [-0.2, -0.15) is 0 Å². The molecule has 14 heavy (non-hydrogen) atoms. The maximum atomic E-state index is 9.81. The van der Waals surface area contributed by atoms with Crippen LogP contribution in [0, 0.1) is 5.92 Å². The first-order valence-electron chi connectivity index (χ1n) is 4.97. The average Bonchev–Trinajstić information content (AvgIpc) is 2.16. The number of hydrogen-bond acceptors (Lipinski definition) is 2. The summed E-state index contributed by atoms with van der Waals surface area (Å²) < 4.78 is 0. The second-order valence-electron chi connectivity index (χ2n) is 4.17. The van der Waals surface area contributed by atoms with Gasteiger partial charge in [0.2, 0.25) is 0 Å². The SMILES string of the molecule is CC(C)[C@@H](O)c1ccc(N(C)C)cc1. The van der Waals surface area contributed by atoms with Crippen LogP contribution in [-0.4, -0.2) is 19.2 Å². The van der Waals surface area contributed by atoms with Crippen LogP contribution in [0.1, 0.15) is 25.5 Å². The summed E-state index contributed by atoms with van der Waals surface area (Å²) in [6.45, 7) is 4.04. The molecule has 0 aromatic heterocycles. The third kappa shape index (κ3) is 2.48. The number of hydrogen-bond donors (Lipinski definition) is 1. The number of nitrogens with zero attached hydrogens (tertiary/aromatic N) is 1. The van der Waals surface area contributed by atoms with Crippen molar-refractivity contribution in [3.8, 4) is 0 Å². The highest BCUT2D eigenvalue weighted by Gasteiger charge is 2.11. The van der Waals surface area contributed by atoms with Gasteiger partial charge in [-0.05, 0) is 23.6 Å². The summed E-state index contributed by atoms with van der Waals surface area (Å²) in [6.07, 6.45) is -0.355. The van der Waals surface area contributed by atoms with Crippen molar-refractivity contribution in [1.82, 2.24) is 0 Å². The van der Waals surface area contributed by atoms with Gasteiger partial charge in [0.25, 0.3) is 0 Å². The molecule has 1 aromatic rings. The minimum Gasteiger partial charge on any atom is -0.388 e. The van der Waals surface area contributed by atoms with Crippen LogP contribution in [0.5, 0.6) is 0 Å². The van der Waals surface area contributed by atoms with Crippen LogP contribution >= 0.6 is 0 Å². The van der Waals surface area contributed by atoms with Gasteiger partial charge in [-0.25, -0.2) is 0 Å². The maximum absolute atomic E-state index is 9.81. The van der Waals surface area contributed by atoms with Crippen molar-refractivity contribution in [3.05, 3.63) is 29.8 Å². The van der Waals surface area contributed by atoms with E-state index in [1.807, 2.05) is 57.1 Å². The molecule has 0 fully saturated rings. The fraction of sp³-hybridized carbons (Fsp3) is 0.500. The smallest absolute Gasteiger partial charge is 0.0812 e. The average molecular weight is 193 g/mol. The molecule has 0 amide bonds. The van der Waals surface area contributed by atoms with Crippen molar-refractivity contribution >= 4 is 5.69 Å². The molecular weight excluding hydrogens is 174 g/mol. The molecule has 1 rings (SSSR count). The number of aliphatic hydroxyl groups is 1. The monoisotopic (exact) mass is 193 g/mol. The van der Waals surface area contributed by atoms with Gasteiger partial charge in [-0.1, -0.05) is 26.0 Å². The van der Waals surface area contributed by atoms with Gasteiger partial charge in [-0.3, -0.25) is 0 Å². The summed E-state index contributed by atoms with van der Waals surface area (Å²) in [5, 5.41) is 9.81. The molecule has 0 saturated heterocycles. The predicted octanol–water partition coefficient (Wildman–Crippen LogP) is 2.44. The second-order valence-corrected chi connectivity index (χ2v) is 4.17. The molecule has 1 aromatic carbocycles. The van der Waals surface area contributed by atoms with Crippen molar-refractivity contribution in [2.75, 3.05) is 19.0 Å². The van der Waals surface area contributed by atoms with Crippen LogP contribution in [0.3, 0.4) is 0 Å².